The second kappa shape index (κ2) is 10.7. The molecule has 0 unspecified atom stereocenters. The molecular weight excluding hydrogens is 552 g/mol. The second-order valence-electron chi connectivity index (χ2n) is 11.5. The molecule has 42 heavy (non-hydrogen) atoms. The number of piperidine rings is 1. The number of hydrogen-bond acceptors (Lipinski definition) is 11. The molecule has 1 saturated heterocycles. The Balaban J connectivity index is 1.27. The molecule has 12 nitrogen and oxygen atoms in total. The molecule has 4 aromatic rings. The summed E-state index contributed by atoms with van der Waals surface area (Å²) in [6.07, 6.45) is 5.27. The molecule has 0 radical (unpaired) electrons. The van der Waals surface area contributed by atoms with Gasteiger partial charge in [-0.2, -0.15) is 15.6 Å². The predicted molar refractivity (Wildman–Crippen MR) is 157 cm³/mol. The van der Waals surface area contributed by atoms with E-state index in [2.05, 4.69) is 43.0 Å². The van der Waals surface area contributed by atoms with Crippen molar-refractivity contribution in [1.82, 2.24) is 30.1 Å². The average molecular weight is 583 g/mol. The van der Waals surface area contributed by atoms with E-state index in [4.69, 9.17) is 4.98 Å². The number of carbonyl (C=O) groups excluding carboxylic acids is 1. The van der Waals surface area contributed by atoms with Gasteiger partial charge in [-0.15, -0.1) is 10.2 Å². The molecule has 1 aliphatic heterocycles. The van der Waals surface area contributed by atoms with E-state index >= 15 is 0 Å². The minimum atomic E-state index is -1.41. The molecule has 1 saturated carbocycles. The van der Waals surface area contributed by atoms with Crippen LogP contribution in [-0.4, -0.2) is 66.6 Å². The third kappa shape index (κ3) is 5.13. The van der Waals surface area contributed by atoms with Gasteiger partial charge in [0.05, 0.1) is 40.3 Å². The molecule has 0 spiro atoms. The smallest absolute Gasteiger partial charge is 0.251 e. The number of nitriles is 2. The molecule has 5 heterocycles. The zero-order chi connectivity index (χ0) is 29.6. The first kappa shape index (κ1) is 27.6. The third-order valence-corrected chi connectivity index (χ3v) is 8.98. The number of nitrogens with zero attached hydrogens (tertiary/aromatic N) is 8. The average Bonchev–Trinajstić information content (AvgIpc) is 3.68. The Bertz CT molecular complexity index is 1730. The van der Waals surface area contributed by atoms with Crippen molar-refractivity contribution in [2.45, 2.75) is 51.3 Å². The highest BCUT2D eigenvalue weighted by Gasteiger charge is 2.44. The lowest BCUT2D eigenvalue weighted by Gasteiger charge is -2.38. The van der Waals surface area contributed by atoms with E-state index in [-0.39, 0.29) is 23.8 Å². The van der Waals surface area contributed by atoms with Crippen molar-refractivity contribution in [3.63, 3.8) is 0 Å². The van der Waals surface area contributed by atoms with Gasteiger partial charge in [0, 0.05) is 31.0 Å². The van der Waals surface area contributed by atoms with Gasteiger partial charge in [-0.3, -0.25) is 9.78 Å². The van der Waals surface area contributed by atoms with E-state index < -0.39 is 11.6 Å². The van der Waals surface area contributed by atoms with E-state index in [0.29, 0.717) is 22.0 Å². The summed E-state index contributed by atoms with van der Waals surface area (Å²) in [5.41, 5.74) is 2.69. The number of aromatic nitrogens is 5. The monoisotopic (exact) mass is 582 g/mol. The first-order chi connectivity index (χ1) is 20.1. The fourth-order valence-corrected chi connectivity index (χ4v) is 6.69. The Labute approximate surface area is 246 Å². The van der Waals surface area contributed by atoms with Gasteiger partial charge in [0.25, 0.3) is 5.91 Å². The number of aliphatic hydroxyl groups is 1. The van der Waals surface area contributed by atoms with Gasteiger partial charge >= 0.3 is 0 Å². The maximum atomic E-state index is 12.4. The van der Waals surface area contributed by atoms with Gasteiger partial charge in [0.15, 0.2) is 5.01 Å². The molecule has 13 heteroatoms. The van der Waals surface area contributed by atoms with Crippen molar-refractivity contribution in [3.8, 4) is 34.1 Å². The van der Waals surface area contributed by atoms with Gasteiger partial charge in [-0.25, -0.2) is 4.52 Å². The van der Waals surface area contributed by atoms with E-state index in [0.717, 1.165) is 47.8 Å². The zero-order valence-electron chi connectivity index (χ0n) is 23.4. The fourth-order valence-electron chi connectivity index (χ4n) is 5.80. The summed E-state index contributed by atoms with van der Waals surface area (Å²) in [5.74, 6) is 0.202. The third-order valence-electron chi connectivity index (χ3n) is 7.96. The summed E-state index contributed by atoms with van der Waals surface area (Å²) in [6.45, 7) is 6.29. The maximum absolute atomic E-state index is 12.4. The van der Waals surface area contributed by atoms with Crippen molar-refractivity contribution < 1.29 is 9.90 Å². The van der Waals surface area contributed by atoms with Crippen molar-refractivity contribution in [2.24, 2.45) is 11.8 Å². The molecular formula is C29H30N10O2S. The van der Waals surface area contributed by atoms with Crippen molar-refractivity contribution >= 4 is 33.6 Å². The molecule has 214 valence electrons. The van der Waals surface area contributed by atoms with Crippen LogP contribution < -0.4 is 15.5 Å². The van der Waals surface area contributed by atoms with Gasteiger partial charge in [0.1, 0.15) is 17.7 Å². The minimum absolute atomic E-state index is 0.0405. The number of anilines is 2. The van der Waals surface area contributed by atoms with Crippen molar-refractivity contribution in [2.75, 3.05) is 23.3 Å². The number of hydrogen-bond donors (Lipinski definition) is 3. The Morgan fingerprint density at radius 2 is 1.93 bits per heavy atom. The van der Waals surface area contributed by atoms with Crippen LogP contribution in [0.2, 0.25) is 0 Å². The zero-order valence-corrected chi connectivity index (χ0v) is 24.3. The van der Waals surface area contributed by atoms with Gasteiger partial charge in [-0.1, -0.05) is 11.3 Å². The molecule has 0 aromatic carbocycles. The lowest BCUT2D eigenvalue weighted by Crippen LogP contribution is -2.56. The molecule has 4 atom stereocenters. The lowest BCUT2D eigenvalue weighted by molar-refractivity contribution is -0.137. The SMILES string of the molecule is C[C@H](C#N)Nc1cc(-c2ccc3cc(C#N)cnn23)ncc1-c1nnc(N2C[C@H]3CC[C@@H](C2)[C@H]3NC(=O)C(C)(C)O)s1. The number of carbonyl (C=O) groups is 1. The normalized spacial score (nSPS) is 20.6. The lowest BCUT2D eigenvalue weighted by atomic mass is 9.91. The number of rotatable bonds is 7. The topological polar surface area (TPSA) is 168 Å². The number of nitrogens with one attached hydrogen (secondary N) is 2. The summed E-state index contributed by atoms with van der Waals surface area (Å²) in [5, 5.41) is 50.1. The molecule has 2 fully saturated rings. The first-order valence-electron chi connectivity index (χ1n) is 13.8. The van der Waals surface area contributed by atoms with Crippen LogP contribution in [0.15, 0.2) is 36.7 Å². The highest BCUT2D eigenvalue weighted by Crippen LogP contribution is 2.41. The molecule has 3 N–H and O–H groups in total. The van der Waals surface area contributed by atoms with E-state index in [1.54, 1.807) is 23.7 Å². The number of amides is 1. The van der Waals surface area contributed by atoms with Crippen LogP contribution in [0.3, 0.4) is 0 Å². The molecule has 2 bridgehead atoms. The Morgan fingerprint density at radius 1 is 1.17 bits per heavy atom. The van der Waals surface area contributed by atoms with Gasteiger partial charge in [0.2, 0.25) is 5.13 Å². The Morgan fingerprint density at radius 3 is 2.62 bits per heavy atom. The van der Waals surface area contributed by atoms with Crippen LogP contribution in [-0.2, 0) is 4.79 Å². The second-order valence-corrected chi connectivity index (χ2v) is 12.4. The Hall–Kier alpha value is -4.59. The molecule has 4 aromatic heterocycles. The molecule has 6 rings (SSSR count). The van der Waals surface area contributed by atoms with Crippen LogP contribution in [0.25, 0.3) is 27.5 Å². The van der Waals surface area contributed by atoms with Crippen LogP contribution in [0.5, 0.6) is 0 Å². The van der Waals surface area contributed by atoms with E-state index in [1.165, 1.54) is 31.4 Å². The van der Waals surface area contributed by atoms with E-state index in [1.807, 2.05) is 18.2 Å². The summed E-state index contributed by atoms with van der Waals surface area (Å²) in [7, 11) is 0. The molecule has 1 aliphatic carbocycles. The Kier molecular flexibility index (Phi) is 7.01. The van der Waals surface area contributed by atoms with Crippen molar-refractivity contribution in [1.29, 1.82) is 10.5 Å². The van der Waals surface area contributed by atoms with Gasteiger partial charge in [-0.05, 0) is 69.7 Å². The predicted octanol–water partition coefficient (Wildman–Crippen LogP) is 3.21. The highest BCUT2D eigenvalue weighted by atomic mass is 32.1. The van der Waals surface area contributed by atoms with Crippen LogP contribution >= 0.6 is 11.3 Å². The molecule has 2 aliphatic rings. The maximum Gasteiger partial charge on any atom is 0.251 e. The summed E-state index contributed by atoms with van der Waals surface area (Å²) in [4.78, 5) is 19.4. The van der Waals surface area contributed by atoms with Crippen LogP contribution in [0.1, 0.15) is 39.2 Å². The number of fused-ring (bicyclic) bond motifs is 3. The highest BCUT2D eigenvalue weighted by molar-refractivity contribution is 7.18. The van der Waals surface area contributed by atoms with Crippen molar-refractivity contribution in [3.05, 3.63) is 42.2 Å². The summed E-state index contributed by atoms with van der Waals surface area (Å²) >= 11 is 1.47. The van der Waals surface area contributed by atoms with E-state index in [9.17, 15) is 20.4 Å². The summed E-state index contributed by atoms with van der Waals surface area (Å²) in [6, 6.07) is 11.3. The largest absolute Gasteiger partial charge is 0.381 e. The standard InChI is InChI=1S/C29H30N10O2S/c1-16(10-30)34-22-9-23(24-7-6-20-8-17(11-31)12-33-39(20)24)32-13-21(22)26-36-37-28(42-26)38-14-18-4-5-19(15-38)25(18)35-27(40)29(2,3)41/h6-9,12-13,16,18-19,25,41H,4-5,14-15H2,1-3H3,(H,32,34)(H,35,40)/t16-,18-,19+,25+/m1/s1. The fraction of sp³-hybridized carbons (Fsp3) is 0.414. The quantitative estimate of drug-likeness (QED) is 0.294. The van der Waals surface area contributed by atoms with Gasteiger partial charge < -0.3 is 20.6 Å². The minimum Gasteiger partial charge on any atom is -0.381 e. The number of pyridine rings is 1. The molecule has 1 amide bonds. The van der Waals surface area contributed by atoms with Crippen LogP contribution in [0, 0.1) is 34.5 Å². The summed E-state index contributed by atoms with van der Waals surface area (Å²) < 4.78 is 1.73. The van der Waals surface area contributed by atoms with Crippen LogP contribution in [0.4, 0.5) is 10.8 Å². The first-order valence-corrected chi connectivity index (χ1v) is 14.6.